The zero-order valence-electron chi connectivity index (χ0n) is 14.4. The zero-order valence-corrected chi connectivity index (χ0v) is 15.4. The third-order valence-electron chi connectivity index (χ3n) is 3.78. The van der Waals surface area contributed by atoms with Crippen molar-refractivity contribution in [2.75, 3.05) is 0 Å². The van der Waals surface area contributed by atoms with Gasteiger partial charge in [-0.1, -0.05) is 55.5 Å². The molecule has 0 saturated heterocycles. The first kappa shape index (κ1) is 20.2. The van der Waals surface area contributed by atoms with Gasteiger partial charge >= 0.3 is 7.25 Å². The molecule has 0 fully saturated rings. The first-order valence-corrected chi connectivity index (χ1v) is 9.83. The number of aryl methyl sites for hydroxylation is 1. The summed E-state index contributed by atoms with van der Waals surface area (Å²) in [4.78, 5) is 0. The second kappa shape index (κ2) is 9.54. The van der Waals surface area contributed by atoms with Crippen LogP contribution < -0.4 is 15.9 Å². The minimum atomic E-state index is -6.00. The summed E-state index contributed by atoms with van der Waals surface area (Å²) in [5, 5.41) is 4.34. The molecule has 0 saturated carbocycles. The molecule has 3 aromatic rings. The molecule has 136 valence electrons. The summed E-state index contributed by atoms with van der Waals surface area (Å²) in [6.45, 7) is 2.20. The topological polar surface area (TPSA) is 0 Å². The molecule has 0 aromatic heterocycles. The molecule has 6 heteroatoms. The molecule has 0 radical (unpaired) electrons. The van der Waals surface area contributed by atoms with Crippen LogP contribution in [-0.2, 0) is 6.42 Å². The van der Waals surface area contributed by atoms with Crippen molar-refractivity contribution in [1.82, 2.24) is 0 Å². The highest BCUT2D eigenvalue weighted by atomic mass is 31.1. The predicted molar refractivity (Wildman–Crippen MR) is 106 cm³/mol. The lowest BCUT2D eigenvalue weighted by Crippen LogP contribution is -2.20. The van der Waals surface area contributed by atoms with Gasteiger partial charge in [0.25, 0.3) is 0 Å². The van der Waals surface area contributed by atoms with E-state index >= 15 is 0 Å². The Morgan fingerprint density at radius 3 is 1.31 bits per heavy atom. The van der Waals surface area contributed by atoms with Gasteiger partial charge in [0.15, 0.2) is 0 Å². The molecule has 0 unspecified atom stereocenters. The van der Waals surface area contributed by atoms with E-state index in [1.165, 1.54) is 21.5 Å². The molecule has 0 spiro atoms. The van der Waals surface area contributed by atoms with E-state index in [9.17, 15) is 17.3 Å². The van der Waals surface area contributed by atoms with Crippen LogP contribution in [0.25, 0.3) is 0 Å². The highest BCUT2D eigenvalue weighted by Crippen LogP contribution is 2.32. The van der Waals surface area contributed by atoms with Crippen molar-refractivity contribution in [3.63, 3.8) is 0 Å². The predicted octanol–water partition coefficient (Wildman–Crippen LogP) is 5.04. The van der Waals surface area contributed by atoms with Gasteiger partial charge in [-0.25, -0.2) is 0 Å². The average Bonchev–Trinajstić information content (AvgIpc) is 2.63. The van der Waals surface area contributed by atoms with Crippen LogP contribution in [0.1, 0.15) is 12.5 Å². The van der Waals surface area contributed by atoms with Gasteiger partial charge in [-0.15, -0.1) is 0 Å². The van der Waals surface area contributed by atoms with Gasteiger partial charge in [0, 0.05) is 0 Å². The largest absolute Gasteiger partial charge is 0.673 e. The lowest BCUT2D eigenvalue weighted by atomic mass is 10.2. The maximum atomic E-state index is 9.75. The van der Waals surface area contributed by atoms with Gasteiger partial charge in [0.05, 0.1) is 7.92 Å². The molecule has 0 aliphatic carbocycles. The standard InChI is InChI=1S/C20H19P.BF4/c1-2-17-13-15-20(16-14-17)21(18-9-5-3-6-10-18)19-11-7-4-8-12-19;2-1(3,4)5/h3-16H,2H2,1H3;/q;-1/p+1. The second-order valence-electron chi connectivity index (χ2n) is 5.65. The maximum Gasteiger partial charge on any atom is 0.673 e. The summed E-state index contributed by atoms with van der Waals surface area (Å²) in [5.41, 5.74) is 1.40. The Bertz CT molecular complexity index is 729. The summed E-state index contributed by atoms with van der Waals surface area (Å²) in [6, 6.07) is 31.0. The van der Waals surface area contributed by atoms with Crippen molar-refractivity contribution in [3.8, 4) is 0 Å². The van der Waals surface area contributed by atoms with Gasteiger partial charge in [0.2, 0.25) is 0 Å². The molecule has 0 atom stereocenters. The quantitative estimate of drug-likeness (QED) is 0.339. The van der Waals surface area contributed by atoms with E-state index in [4.69, 9.17) is 0 Å². The van der Waals surface area contributed by atoms with E-state index in [-0.39, 0.29) is 0 Å². The van der Waals surface area contributed by atoms with Crippen LogP contribution >= 0.6 is 7.92 Å². The van der Waals surface area contributed by atoms with Gasteiger partial charge < -0.3 is 17.3 Å². The third-order valence-corrected chi connectivity index (χ3v) is 6.51. The highest BCUT2D eigenvalue weighted by Gasteiger charge is 2.24. The van der Waals surface area contributed by atoms with Crippen molar-refractivity contribution in [2.45, 2.75) is 13.3 Å². The molecule has 0 heterocycles. The molecule has 3 aromatic carbocycles. The number of halogens is 4. The van der Waals surface area contributed by atoms with E-state index in [1.807, 2.05) is 0 Å². The Kier molecular flexibility index (Phi) is 7.41. The highest BCUT2D eigenvalue weighted by molar-refractivity contribution is 7.79. The van der Waals surface area contributed by atoms with E-state index in [2.05, 4.69) is 91.9 Å². The van der Waals surface area contributed by atoms with Crippen molar-refractivity contribution in [2.24, 2.45) is 0 Å². The Hall–Kier alpha value is -2.13. The Morgan fingerprint density at radius 2 is 0.962 bits per heavy atom. The molecular weight excluding hydrogens is 358 g/mol. The molecule has 26 heavy (non-hydrogen) atoms. The molecule has 0 aliphatic rings. The van der Waals surface area contributed by atoms with Crippen LogP contribution in [0.2, 0.25) is 0 Å². The molecule has 0 aliphatic heterocycles. The molecule has 0 bridgehead atoms. The Labute approximate surface area is 152 Å². The molecule has 3 rings (SSSR count). The van der Waals surface area contributed by atoms with Gasteiger partial charge in [-0.2, -0.15) is 0 Å². The van der Waals surface area contributed by atoms with Crippen LogP contribution in [0.15, 0.2) is 84.9 Å². The number of benzene rings is 3. The summed E-state index contributed by atoms with van der Waals surface area (Å²) in [6.07, 6.45) is 1.10. The third kappa shape index (κ3) is 6.64. The fourth-order valence-corrected chi connectivity index (χ4v) is 5.17. The minimum Gasteiger partial charge on any atom is -0.418 e. The first-order chi connectivity index (χ1) is 12.4. The van der Waals surface area contributed by atoms with Gasteiger partial charge in [-0.05, 0) is 48.4 Å². The fraction of sp³-hybridized carbons (Fsp3) is 0.100. The van der Waals surface area contributed by atoms with E-state index in [1.54, 1.807) is 0 Å². The van der Waals surface area contributed by atoms with E-state index in [0.717, 1.165) is 6.42 Å². The molecule has 0 amide bonds. The SMILES string of the molecule is CCc1ccc([PH+](c2ccccc2)c2ccccc2)cc1.F[B-](F)(F)F. The normalized spacial score (nSPS) is 11.0. The summed E-state index contributed by atoms with van der Waals surface area (Å²) in [5.74, 6) is 0. The van der Waals surface area contributed by atoms with E-state index < -0.39 is 15.2 Å². The average molecular weight is 378 g/mol. The first-order valence-electron chi connectivity index (χ1n) is 8.33. The maximum absolute atomic E-state index is 9.75. The fourth-order valence-electron chi connectivity index (χ4n) is 2.62. The lowest BCUT2D eigenvalue weighted by Gasteiger charge is -2.11. The smallest absolute Gasteiger partial charge is 0.418 e. The zero-order chi connectivity index (χ0) is 19.0. The lowest BCUT2D eigenvalue weighted by molar-refractivity contribution is 0.368. The summed E-state index contributed by atoms with van der Waals surface area (Å²) < 4.78 is 39.0. The van der Waals surface area contributed by atoms with Gasteiger partial charge in [-0.3, -0.25) is 0 Å². The molecule has 0 N–H and O–H groups in total. The number of rotatable bonds is 4. The van der Waals surface area contributed by atoms with Crippen molar-refractivity contribution < 1.29 is 17.3 Å². The number of hydrogen-bond donors (Lipinski definition) is 0. The van der Waals surface area contributed by atoms with Crippen LogP contribution in [0.5, 0.6) is 0 Å². The second-order valence-corrected chi connectivity index (χ2v) is 8.13. The van der Waals surface area contributed by atoms with Crippen LogP contribution in [-0.4, -0.2) is 7.25 Å². The van der Waals surface area contributed by atoms with Crippen LogP contribution in [0.4, 0.5) is 17.3 Å². The molecule has 0 nitrogen and oxygen atoms in total. The number of hydrogen-bond acceptors (Lipinski definition) is 0. The monoisotopic (exact) mass is 378 g/mol. The van der Waals surface area contributed by atoms with Crippen molar-refractivity contribution in [1.29, 1.82) is 0 Å². The van der Waals surface area contributed by atoms with Crippen molar-refractivity contribution >= 4 is 31.1 Å². The van der Waals surface area contributed by atoms with Crippen LogP contribution in [0.3, 0.4) is 0 Å². The summed E-state index contributed by atoms with van der Waals surface area (Å²) in [7, 11) is -6.90. The molecular formula is C20H20BF4P. The van der Waals surface area contributed by atoms with Crippen molar-refractivity contribution in [3.05, 3.63) is 90.5 Å². The minimum absolute atomic E-state index is 0.902. The Balaban J connectivity index is 0.000000431. The van der Waals surface area contributed by atoms with E-state index in [0.29, 0.717) is 0 Å². The van der Waals surface area contributed by atoms with Gasteiger partial charge in [0.1, 0.15) is 15.9 Å². The van der Waals surface area contributed by atoms with Crippen LogP contribution in [0, 0.1) is 0 Å². The summed E-state index contributed by atoms with van der Waals surface area (Å²) >= 11 is 0. The Morgan fingerprint density at radius 1 is 0.615 bits per heavy atom.